The molecule has 18 heavy (non-hydrogen) atoms. The van der Waals surface area contributed by atoms with Gasteiger partial charge in [-0.3, -0.25) is 0 Å². The van der Waals surface area contributed by atoms with Gasteiger partial charge in [0.2, 0.25) is 5.88 Å². The van der Waals surface area contributed by atoms with Crippen molar-refractivity contribution < 1.29 is 9.84 Å². The first kappa shape index (κ1) is 13.0. The van der Waals surface area contributed by atoms with E-state index in [0.717, 1.165) is 31.6 Å². The molecule has 100 valence electrons. The van der Waals surface area contributed by atoms with Gasteiger partial charge in [-0.05, 0) is 25.0 Å². The first-order chi connectivity index (χ1) is 8.76. The summed E-state index contributed by atoms with van der Waals surface area (Å²) < 4.78 is 5.15. The highest BCUT2D eigenvalue weighted by molar-refractivity contribution is 5.55. The largest absolute Gasteiger partial charge is 0.479 e. The molecule has 1 saturated heterocycles. The number of rotatable bonds is 3. The molecule has 0 aromatic carbocycles. The van der Waals surface area contributed by atoms with Crippen molar-refractivity contribution in [3.05, 3.63) is 12.1 Å². The van der Waals surface area contributed by atoms with Crippen LogP contribution in [0.5, 0.6) is 5.88 Å². The SMILES string of the molecule is COc1nc(N2CCCCCC2CO)ccc1N. The van der Waals surface area contributed by atoms with Crippen molar-refractivity contribution in [2.75, 3.05) is 30.9 Å². The van der Waals surface area contributed by atoms with Crippen LogP contribution in [0.15, 0.2) is 12.1 Å². The van der Waals surface area contributed by atoms with E-state index < -0.39 is 0 Å². The summed E-state index contributed by atoms with van der Waals surface area (Å²) in [5.41, 5.74) is 6.31. The van der Waals surface area contributed by atoms with Crippen LogP contribution in [0.1, 0.15) is 25.7 Å². The number of aliphatic hydroxyl groups excluding tert-OH is 1. The Bertz CT molecular complexity index is 398. The molecule has 0 spiro atoms. The molecule has 0 bridgehead atoms. The standard InChI is InChI=1S/C13H21N3O2/c1-18-13-11(14)6-7-12(15-13)16-8-4-2-3-5-10(16)9-17/h6-7,10,17H,2-5,8-9,14H2,1H3. The number of aliphatic hydroxyl groups is 1. The second-order valence-corrected chi connectivity index (χ2v) is 4.65. The van der Waals surface area contributed by atoms with Crippen LogP contribution in [0.2, 0.25) is 0 Å². The molecule has 1 aliphatic heterocycles. The van der Waals surface area contributed by atoms with Gasteiger partial charge in [0.25, 0.3) is 0 Å². The zero-order valence-electron chi connectivity index (χ0n) is 10.8. The first-order valence-corrected chi connectivity index (χ1v) is 6.44. The summed E-state index contributed by atoms with van der Waals surface area (Å²) in [4.78, 5) is 6.58. The molecular weight excluding hydrogens is 230 g/mol. The monoisotopic (exact) mass is 251 g/mol. The molecule has 0 aliphatic carbocycles. The van der Waals surface area contributed by atoms with Gasteiger partial charge in [-0.15, -0.1) is 0 Å². The predicted octanol–water partition coefficient (Wildman–Crippen LogP) is 1.41. The smallest absolute Gasteiger partial charge is 0.238 e. The van der Waals surface area contributed by atoms with Gasteiger partial charge in [0.1, 0.15) is 5.82 Å². The van der Waals surface area contributed by atoms with Crippen molar-refractivity contribution in [2.45, 2.75) is 31.7 Å². The average Bonchev–Trinajstić information content (AvgIpc) is 2.64. The molecule has 5 nitrogen and oxygen atoms in total. The van der Waals surface area contributed by atoms with Gasteiger partial charge in [-0.1, -0.05) is 12.8 Å². The molecular formula is C13H21N3O2. The maximum absolute atomic E-state index is 9.50. The van der Waals surface area contributed by atoms with Crippen LogP contribution in [0.3, 0.4) is 0 Å². The van der Waals surface area contributed by atoms with Crippen LogP contribution in [-0.2, 0) is 0 Å². The lowest BCUT2D eigenvalue weighted by atomic mass is 10.1. The van der Waals surface area contributed by atoms with Crippen molar-refractivity contribution in [3.8, 4) is 5.88 Å². The number of methoxy groups -OCH3 is 1. The molecule has 5 heteroatoms. The highest BCUT2D eigenvalue weighted by atomic mass is 16.5. The summed E-state index contributed by atoms with van der Waals surface area (Å²) in [6, 6.07) is 3.85. The molecule has 1 aromatic rings. The van der Waals surface area contributed by atoms with Crippen LogP contribution < -0.4 is 15.4 Å². The first-order valence-electron chi connectivity index (χ1n) is 6.44. The van der Waals surface area contributed by atoms with Crippen molar-refractivity contribution in [3.63, 3.8) is 0 Å². The van der Waals surface area contributed by atoms with Crippen LogP contribution in [0, 0.1) is 0 Å². The van der Waals surface area contributed by atoms with E-state index in [4.69, 9.17) is 10.5 Å². The number of nitrogens with two attached hydrogens (primary N) is 1. The third-order valence-electron chi connectivity index (χ3n) is 3.45. The second kappa shape index (κ2) is 5.91. The van der Waals surface area contributed by atoms with Gasteiger partial charge in [-0.2, -0.15) is 4.98 Å². The number of hydrogen-bond acceptors (Lipinski definition) is 5. The van der Waals surface area contributed by atoms with Crippen molar-refractivity contribution in [1.82, 2.24) is 4.98 Å². The molecule has 1 aromatic heterocycles. The number of aromatic nitrogens is 1. The van der Waals surface area contributed by atoms with Crippen LogP contribution >= 0.6 is 0 Å². The highest BCUT2D eigenvalue weighted by Gasteiger charge is 2.22. The fraction of sp³-hybridized carbons (Fsp3) is 0.615. The van der Waals surface area contributed by atoms with E-state index in [2.05, 4.69) is 9.88 Å². The van der Waals surface area contributed by atoms with E-state index in [1.54, 1.807) is 13.2 Å². The van der Waals surface area contributed by atoms with Gasteiger partial charge >= 0.3 is 0 Å². The summed E-state index contributed by atoms with van der Waals surface area (Å²) in [5.74, 6) is 1.29. The molecule has 1 atom stereocenters. The van der Waals surface area contributed by atoms with Crippen molar-refractivity contribution >= 4 is 11.5 Å². The fourth-order valence-corrected chi connectivity index (χ4v) is 2.43. The number of ether oxygens (including phenoxy) is 1. The molecule has 2 heterocycles. The summed E-state index contributed by atoms with van der Waals surface area (Å²) in [6.45, 7) is 1.08. The second-order valence-electron chi connectivity index (χ2n) is 4.65. The van der Waals surface area contributed by atoms with Gasteiger partial charge < -0.3 is 20.5 Å². The zero-order valence-corrected chi connectivity index (χ0v) is 10.8. The molecule has 0 saturated carbocycles. The number of nitrogen functional groups attached to an aromatic ring is 1. The summed E-state index contributed by atoms with van der Waals surface area (Å²) in [6.07, 6.45) is 4.50. The lowest BCUT2D eigenvalue weighted by Gasteiger charge is -2.30. The maximum atomic E-state index is 9.50. The minimum Gasteiger partial charge on any atom is -0.479 e. The normalized spacial score (nSPS) is 20.6. The number of nitrogens with zero attached hydrogens (tertiary/aromatic N) is 2. The molecule has 0 radical (unpaired) electrons. The Hall–Kier alpha value is -1.49. The lowest BCUT2D eigenvalue weighted by Crippen LogP contribution is -2.38. The third-order valence-corrected chi connectivity index (χ3v) is 3.45. The minimum atomic E-state index is 0.147. The summed E-state index contributed by atoms with van der Waals surface area (Å²) >= 11 is 0. The van der Waals surface area contributed by atoms with E-state index in [9.17, 15) is 5.11 Å². The molecule has 2 rings (SSSR count). The number of anilines is 2. The Morgan fingerprint density at radius 1 is 1.44 bits per heavy atom. The molecule has 1 unspecified atom stereocenters. The fourth-order valence-electron chi connectivity index (χ4n) is 2.43. The number of hydrogen-bond donors (Lipinski definition) is 2. The number of pyridine rings is 1. The van der Waals surface area contributed by atoms with E-state index in [-0.39, 0.29) is 12.6 Å². The Kier molecular flexibility index (Phi) is 4.25. The average molecular weight is 251 g/mol. The van der Waals surface area contributed by atoms with Crippen molar-refractivity contribution in [1.29, 1.82) is 0 Å². The Balaban J connectivity index is 2.26. The Morgan fingerprint density at radius 3 is 3.00 bits per heavy atom. The molecule has 1 fully saturated rings. The van der Waals surface area contributed by atoms with E-state index in [1.165, 1.54) is 6.42 Å². The minimum absolute atomic E-state index is 0.147. The Labute approximate surface area is 108 Å². The topological polar surface area (TPSA) is 71.6 Å². The quantitative estimate of drug-likeness (QED) is 0.850. The van der Waals surface area contributed by atoms with E-state index in [0.29, 0.717) is 11.6 Å². The van der Waals surface area contributed by atoms with Gasteiger partial charge in [0, 0.05) is 6.54 Å². The predicted molar refractivity (Wildman–Crippen MR) is 71.9 cm³/mol. The highest BCUT2D eigenvalue weighted by Crippen LogP contribution is 2.27. The van der Waals surface area contributed by atoms with Gasteiger partial charge in [-0.25, -0.2) is 0 Å². The lowest BCUT2D eigenvalue weighted by molar-refractivity contribution is 0.254. The molecule has 0 amide bonds. The van der Waals surface area contributed by atoms with E-state index in [1.807, 2.05) is 6.07 Å². The maximum Gasteiger partial charge on any atom is 0.238 e. The van der Waals surface area contributed by atoms with Gasteiger partial charge in [0.05, 0.1) is 25.4 Å². The van der Waals surface area contributed by atoms with Gasteiger partial charge in [0.15, 0.2) is 0 Å². The van der Waals surface area contributed by atoms with Crippen LogP contribution in [-0.4, -0.2) is 36.4 Å². The molecule has 1 aliphatic rings. The summed E-state index contributed by atoms with van der Waals surface area (Å²) in [5, 5.41) is 9.50. The summed E-state index contributed by atoms with van der Waals surface area (Å²) in [7, 11) is 1.56. The Morgan fingerprint density at radius 2 is 2.28 bits per heavy atom. The third kappa shape index (κ3) is 2.67. The van der Waals surface area contributed by atoms with Crippen LogP contribution in [0.25, 0.3) is 0 Å². The molecule has 3 N–H and O–H groups in total. The zero-order chi connectivity index (χ0) is 13.0. The van der Waals surface area contributed by atoms with E-state index >= 15 is 0 Å². The van der Waals surface area contributed by atoms with Crippen LogP contribution in [0.4, 0.5) is 11.5 Å². The van der Waals surface area contributed by atoms with Crippen molar-refractivity contribution in [2.24, 2.45) is 0 Å².